The van der Waals surface area contributed by atoms with Gasteiger partial charge in [0.2, 0.25) is 0 Å². The number of rotatable bonds is 13. The summed E-state index contributed by atoms with van der Waals surface area (Å²) in [5, 5.41) is 0. The number of halogens is 2. The van der Waals surface area contributed by atoms with E-state index < -0.39 is 0 Å². The lowest BCUT2D eigenvalue weighted by Crippen LogP contribution is -2.27. The second-order valence-electron chi connectivity index (χ2n) is 9.37. The summed E-state index contributed by atoms with van der Waals surface area (Å²) in [6.45, 7) is 6.44. The molecule has 1 unspecified atom stereocenters. The fraction of sp³-hybridized carbons (Fsp3) is 0.387. The van der Waals surface area contributed by atoms with Crippen LogP contribution in [0, 0.1) is 25.5 Å². The van der Waals surface area contributed by atoms with E-state index in [2.05, 4.69) is 38.1 Å². The minimum Gasteiger partial charge on any atom is -0.207 e. The lowest BCUT2D eigenvalue weighted by atomic mass is 9.68. The Hall–Kier alpha value is -2.48. The summed E-state index contributed by atoms with van der Waals surface area (Å²) in [5.74, 6) is -0.328. The van der Waals surface area contributed by atoms with Gasteiger partial charge >= 0.3 is 0 Å². The highest BCUT2D eigenvalue weighted by Gasteiger charge is 2.31. The highest BCUT2D eigenvalue weighted by atomic mass is 19.1. The number of benzene rings is 3. The van der Waals surface area contributed by atoms with E-state index in [1.807, 2.05) is 18.2 Å². The zero-order valence-corrected chi connectivity index (χ0v) is 20.0. The van der Waals surface area contributed by atoms with Crippen LogP contribution in [0.5, 0.6) is 0 Å². The largest absolute Gasteiger partial charge is 0.207 e. The average Bonchev–Trinajstić information content (AvgIpc) is 2.81. The van der Waals surface area contributed by atoms with Gasteiger partial charge in [-0.3, -0.25) is 0 Å². The molecule has 0 nitrogen and oxygen atoms in total. The number of aryl methyl sites for hydroxylation is 3. The van der Waals surface area contributed by atoms with Crippen molar-refractivity contribution in [2.75, 3.05) is 0 Å². The van der Waals surface area contributed by atoms with Crippen molar-refractivity contribution < 1.29 is 8.78 Å². The predicted octanol–water partition coefficient (Wildman–Crippen LogP) is 8.95. The summed E-state index contributed by atoms with van der Waals surface area (Å²) in [6.07, 6.45) is 10.5. The molecule has 0 aliphatic heterocycles. The van der Waals surface area contributed by atoms with Gasteiger partial charge in [0.05, 0.1) is 0 Å². The summed E-state index contributed by atoms with van der Waals surface area (Å²) in [5.41, 5.74) is 5.21. The van der Waals surface area contributed by atoms with Crippen LogP contribution in [0.25, 0.3) is 0 Å². The lowest BCUT2D eigenvalue weighted by Gasteiger charge is -2.36. The molecule has 3 rings (SSSR count). The molecule has 2 heteroatoms. The molecular formula is C31H37F2. The predicted molar refractivity (Wildman–Crippen MR) is 135 cm³/mol. The topological polar surface area (TPSA) is 0 Å². The fourth-order valence-corrected chi connectivity index (χ4v) is 5.21. The molecular weight excluding hydrogens is 410 g/mol. The van der Waals surface area contributed by atoms with Crippen molar-refractivity contribution in [2.24, 2.45) is 0 Å². The summed E-state index contributed by atoms with van der Waals surface area (Å²) < 4.78 is 26.7. The Morgan fingerprint density at radius 2 is 1.33 bits per heavy atom. The Kier molecular flexibility index (Phi) is 9.66. The molecule has 0 saturated heterocycles. The molecule has 0 heterocycles. The van der Waals surface area contributed by atoms with Gasteiger partial charge in [0.25, 0.3) is 0 Å². The molecule has 3 aromatic rings. The summed E-state index contributed by atoms with van der Waals surface area (Å²) >= 11 is 0. The molecule has 3 aromatic carbocycles. The second kappa shape index (κ2) is 12.7. The molecule has 0 spiro atoms. The smallest absolute Gasteiger partial charge is 0.123 e. The molecule has 0 aliphatic carbocycles. The number of unbranched alkanes of at least 4 members (excludes halogenated alkanes) is 2. The van der Waals surface area contributed by atoms with E-state index in [0.29, 0.717) is 0 Å². The van der Waals surface area contributed by atoms with E-state index in [-0.39, 0.29) is 17.0 Å². The van der Waals surface area contributed by atoms with Crippen LogP contribution in [0.15, 0.2) is 72.8 Å². The Bertz CT molecular complexity index is 976. The second-order valence-corrected chi connectivity index (χ2v) is 9.37. The van der Waals surface area contributed by atoms with Crippen molar-refractivity contribution in [3.8, 4) is 0 Å². The van der Waals surface area contributed by atoms with E-state index in [4.69, 9.17) is 0 Å². The minimum absolute atomic E-state index is 0.123. The first-order valence-electron chi connectivity index (χ1n) is 12.4. The number of hydrogen-bond donors (Lipinski definition) is 0. The molecule has 0 fully saturated rings. The molecule has 0 aliphatic rings. The van der Waals surface area contributed by atoms with Crippen molar-refractivity contribution in [3.05, 3.63) is 114 Å². The van der Waals surface area contributed by atoms with Gasteiger partial charge in [0.1, 0.15) is 11.6 Å². The van der Waals surface area contributed by atoms with Crippen LogP contribution in [0.3, 0.4) is 0 Å². The van der Waals surface area contributed by atoms with Gasteiger partial charge < -0.3 is 0 Å². The van der Waals surface area contributed by atoms with Gasteiger partial charge in [-0.25, -0.2) is 8.78 Å². The van der Waals surface area contributed by atoms with E-state index in [1.165, 1.54) is 22.8 Å². The standard InChI is InChI=1S/C31H37F2/c1-3-21-31(30-16-5-4-11-25(30)2,22-8-6-12-26-17-19-28(32)20-18-26)23-9-7-13-27-14-10-15-29(33)24-27/h4-5,10-11,14-20,24H,1,3,6-9,12-13,21-23H2,2H3. The molecule has 0 bridgehead atoms. The van der Waals surface area contributed by atoms with Crippen LogP contribution in [-0.2, 0) is 18.3 Å². The molecule has 1 radical (unpaired) electrons. The van der Waals surface area contributed by atoms with Crippen LogP contribution >= 0.6 is 0 Å². The maximum absolute atomic E-state index is 13.5. The quantitative estimate of drug-likeness (QED) is 0.229. The fourth-order valence-electron chi connectivity index (χ4n) is 5.21. The molecule has 0 aromatic heterocycles. The molecule has 0 amide bonds. The zero-order valence-electron chi connectivity index (χ0n) is 20.0. The summed E-state index contributed by atoms with van der Waals surface area (Å²) in [7, 11) is 0. The van der Waals surface area contributed by atoms with E-state index >= 15 is 0 Å². The van der Waals surface area contributed by atoms with Crippen molar-refractivity contribution in [3.63, 3.8) is 0 Å². The Balaban J connectivity index is 1.66. The monoisotopic (exact) mass is 447 g/mol. The summed E-state index contributed by atoms with van der Waals surface area (Å²) in [6, 6.07) is 22.7. The Morgan fingerprint density at radius 3 is 1.97 bits per heavy atom. The zero-order chi connectivity index (χ0) is 23.5. The summed E-state index contributed by atoms with van der Waals surface area (Å²) in [4.78, 5) is 0. The highest BCUT2D eigenvalue weighted by molar-refractivity contribution is 5.33. The lowest BCUT2D eigenvalue weighted by molar-refractivity contribution is 0.314. The van der Waals surface area contributed by atoms with Gasteiger partial charge in [-0.05, 0) is 104 Å². The van der Waals surface area contributed by atoms with Gasteiger partial charge in [0.15, 0.2) is 0 Å². The third-order valence-corrected chi connectivity index (χ3v) is 6.92. The van der Waals surface area contributed by atoms with Crippen molar-refractivity contribution in [1.29, 1.82) is 0 Å². The Labute approximate surface area is 199 Å². The molecule has 0 saturated carbocycles. The van der Waals surface area contributed by atoms with Crippen molar-refractivity contribution >= 4 is 0 Å². The van der Waals surface area contributed by atoms with Crippen LogP contribution in [0.2, 0.25) is 0 Å². The van der Waals surface area contributed by atoms with Crippen LogP contribution in [-0.4, -0.2) is 0 Å². The van der Waals surface area contributed by atoms with Crippen LogP contribution in [0.1, 0.15) is 73.6 Å². The van der Waals surface area contributed by atoms with Crippen molar-refractivity contribution in [2.45, 2.75) is 76.5 Å². The van der Waals surface area contributed by atoms with Crippen molar-refractivity contribution in [1.82, 2.24) is 0 Å². The first kappa shape index (κ1) is 25.1. The third kappa shape index (κ3) is 7.52. The van der Waals surface area contributed by atoms with Gasteiger partial charge in [0, 0.05) is 0 Å². The van der Waals surface area contributed by atoms with Crippen LogP contribution < -0.4 is 0 Å². The van der Waals surface area contributed by atoms with E-state index in [0.717, 1.165) is 69.8 Å². The Morgan fingerprint density at radius 1 is 0.667 bits per heavy atom. The SMILES string of the molecule is [CH2]CCC(CCCCc1ccc(F)cc1)(CCCCc1cccc(F)c1)c1ccccc1C. The number of hydrogen-bond acceptors (Lipinski definition) is 0. The van der Waals surface area contributed by atoms with Crippen LogP contribution in [0.4, 0.5) is 8.78 Å². The van der Waals surface area contributed by atoms with E-state index in [9.17, 15) is 8.78 Å². The molecule has 0 N–H and O–H groups in total. The normalized spacial score (nSPS) is 13.1. The first-order chi connectivity index (χ1) is 16.0. The highest BCUT2D eigenvalue weighted by Crippen LogP contribution is 2.41. The van der Waals surface area contributed by atoms with Gasteiger partial charge in [-0.1, -0.05) is 74.7 Å². The molecule has 175 valence electrons. The maximum Gasteiger partial charge on any atom is 0.123 e. The minimum atomic E-state index is -0.175. The van der Waals surface area contributed by atoms with Gasteiger partial charge in [-0.15, -0.1) is 0 Å². The maximum atomic E-state index is 13.5. The molecule has 33 heavy (non-hydrogen) atoms. The first-order valence-corrected chi connectivity index (χ1v) is 12.4. The molecule has 1 atom stereocenters. The van der Waals surface area contributed by atoms with Gasteiger partial charge in [-0.2, -0.15) is 0 Å². The van der Waals surface area contributed by atoms with E-state index in [1.54, 1.807) is 24.3 Å². The third-order valence-electron chi connectivity index (χ3n) is 6.92. The average molecular weight is 448 g/mol.